The summed E-state index contributed by atoms with van der Waals surface area (Å²) >= 11 is 1.88. The zero-order chi connectivity index (χ0) is 23.3. The van der Waals surface area contributed by atoms with Gasteiger partial charge in [0.1, 0.15) is 12.4 Å². The van der Waals surface area contributed by atoms with Gasteiger partial charge in [0.25, 0.3) is 5.91 Å². The zero-order valence-electron chi connectivity index (χ0n) is 19.4. The first-order valence-corrected chi connectivity index (χ1v) is 12.5. The molecule has 0 radical (unpaired) electrons. The molecule has 1 aliphatic heterocycles. The van der Waals surface area contributed by atoms with Crippen LogP contribution < -0.4 is 10.1 Å². The minimum atomic E-state index is 0. The molecule has 2 aromatic carbocycles. The SMILES string of the molecule is Cc1ccc2c(Nc3ccc(OCc4ccccc4)cc3)c(C(=O)N3CCSCC3)cnc2n1.Cl. The summed E-state index contributed by atoms with van der Waals surface area (Å²) in [4.78, 5) is 24.4. The highest BCUT2D eigenvalue weighted by Gasteiger charge is 2.23. The normalized spacial score (nSPS) is 13.2. The van der Waals surface area contributed by atoms with E-state index in [1.165, 1.54) is 0 Å². The van der Waals surface area contributed by atoms with Crippen molar-refractivity contribution in [3.63, 3.8) is 0 Å². The Morgan fingerprint density at radius 1 is 1.03 bits per heavy atom. The summed E-state index contributed by atoms with van der Waals surface area (Å²) in [7, 11) is 0. The highest BCUT2D eigenvalue weighted by atomic mass is 35.5. The lowest BCUT2D eigenvalue weighted by atomic mass is 10.1. The molecule has 0 unspecified atom stereocenters. The van der Waals surface area contributed by atoms with Crippen LogP contribution in [0.2, 0.25) is 0 Å². The predicted molar refractivity (Wildman–Crippen MR) is 145 cm³/mol. The summed E-state index contributed by atoms with van der Waals surface area (Å²) in [5.41, 5.74) is 4.79. The van der Waals surface area contributed by atoms with E-state index < -0.39 is 0 Å². The van der Waals surface area contributed by atoms with Crippen molar-refractivity contribution in [2.45, 2.75) is 13.5 Å². The van der Waals surface area contributed by atoms with Crippen LogP contribution in [0, 0.1) is 6.92 Å². The van der Waals surface area contributed by atoms with Crippen LogP contribution in [0.15, 0.2) is 72.9 Å². The molecule has 6 nitrogen and oxygen atoms in total. The second kappa shape index (κ2) is 11.4. The van der Waals surface area contributed by atoms with Crippen LogP contribution >= 0.6 is 24.2 Å². The van der Waals surface area contributed by atoms with Gasteiger partial charge in [-0.2, -0.15) is 11.8 Å². The van der Waals surface area contributed by atoms with Gasteiger partial charge < -0.3 is 15.0 Å². The fourth-order valence-electron chi connectivity index (χ4n) is 3.93. The molecule has 1 aliphatic rings. The fraction of sp³-hybridized carbons (Fsp3) is 0.222. The molecule has 0 bridgehead atoms. The maximum atomic E-state index is 13.4. The fourth-order valence-corrected chi connectivity index (χ4v) is 4.83. The highest BCUT2D eigenvalue weighted by molar-refractivity contribution is 7.99. The van der Waals surface area contributed by atoms with Gasteiger partial charge in [0.15, 0.2) is 5.65 Å². The van der Waals surface area contributed by atoms with Gasteiger partial charge in [-0.15, -0.1) is 12.4 Å². The molecule has 0 aliphatic carbocycles. The van der Waals surface area contributed by atoms with Crippen molar-refractivity contribution in [1.82, 2.24) is 14.9 Å². The molecule has 1 N–H and O–H groups in total. The average Bonchev–Trinajstić information content (AvgIpc) is 2.89. The monoisotopic (exact) mass is 506 g/mol. The summed E-state index contributed by atoms with van der Waals surface area (Å²) < 4.78 is 5.91. The summed E-state index contributed by atoms with van der Waals surface area (Å²) in [6, 6.07) is 21.8. The first-order valence-electron chi connectivity index (χ1n) is 11.3. The number of aryl methyl sites for hydroxylation is 1. The number of nitrogens with one attached hydrogen (secondary N) is 1. The number of nitrogens with zero attached hydrogens (tertiary/aromatic N) is 3. The zero-order valence-corrected chi connectivity index (χ0v) is 21.1. The molecule has 2 aromatic heterocycles. The van der Waals surface area contributed by atoms with Gasteiger partial charge in [0.05, 0.1) is 11.3 Å². The Hall–Kier alpha value is -3.29. The molecule has 4 aromatic rings. The molecule has 1 saturated heterocycles. The lowest BCUT2D eigenvalue weighted by Crippen LogP contribution is -2.38. The Morgan fingerprint density at radius 2 is 1.77 bits per heavy atom. The van der Waals surface area contributed by atoms with E-state index in [0.29, 0.717) is 17.8 Å². The van der Waals surface area contributed by atoms with Crippen LogP contribution in [0.25, 0.3) is 11.0 Å². The topological polar surface area (TPSA) is 67.3 Å². The molecule has 0 saturated carbocycles. The molecule has 0 spiro atoms. The van der Waals surface area contributed by atoms with Crippen molar-refractivity contribution >= 4 is 52.5 Å². The number of carbonyl (C=O) groups is 1. The van der Waals surface area contributed by atoms with E-state index in [4.69, 9.17) is 4.74 Å². The maximum Gasteiger partial charge on any atom is 0.257 e. The standard InChI is InChI=1S/C27H26N4O2S.ClH/c1-19-7-12-23-25(24(17-28-26(23)29-19)27(32)31-13-15-34-16-14-31)30-21-8-10-22(11-9-21)33-18-20-5-3-2-4-6-20;/h2-12,17H,13-16,18H2,1H3,(H,28,29,30);1H. The van der Waals surface area contributed by atoms with Gasteiger partial charge in [-0.3, -0.25) is 4.79 Å². The number of rotatable bonds is 6. The number of aromatic nitrogens is 2. The van der Waals surface area contributed by atoms with Crippen LogP contribution in [0.5, 0.6) is 5.75 Å². The molecule has 180 valence electrons. The van der Waals surface area contributed by atoms with E-state index in [2.05, 4.69) is 15.3 Å². The van der Waals surface area contributed by atoms with Crippen molar-refractivity contribution in [2.24, 2.45) is 0 Å². The van der Waals surface area contributed by atoms with Gasteiger partial charge in [-0.25, -0.2) is 9.97 Å². The molecule has 0 atom stereocenters. The van der Waals surface area contributed by atoms with Gasteiger partial charge >= 0.3 is 0 Å². The number of ether oxygens (including phenoxy) is 1. The van der Waals surface area contributed by atoms with Crippen molar-refractivity contribution in [3.8, 4) is 5.75 Å². The second-order valence-corrected chi connectivity index (χ2v) is 9.42. The predicted octanol–water partition coefficient (Wildman–Crippen LogP) is 5.87. The Labute approximate surface area is 215 Å². The van der Waals surface area contributed by atoms with Crippen LogP contribution in [-0.2, 0) is 6.61 Å². The smallest absolute Gasteiger partial charge is 0.257 e. The minimum Gasteiger partial charge on any atom is -0.489 e. The Balaban J connectivity index is 0.00000289. The van der Waals surface area contributed by atoms with Crippen LogP contribution in [-0.4, -0.2) is 45.4 Å². The largest absolute Gasteiger partial charge is 0.489 e. The quantitative estimate of drug-likeness (QED) is 0.352. The van der Waals surface area contributed by atoms with E-state index in [1.807, 2.05) is 90.3 Å². The molecule has 5 rings (SSSR count). The third-order valence-corrected chi connectivity index (χ3v) is 6.71. The summed E-state index contributed by atoms with van der Waals surface area (Å²) in [6.45, 7) is 3.95. The molecule has 1 fully saturated rings. The minimum absolute atomic E-state index is 0. The van der Waals surface area contributed by atoms with Gasteiger partial charge in [-0.1, -0.05) is 30.3 Å². The molecular weight excluding hydrogens is 480 g/mol. The molecule has 8 heteroatoms. The molecule has 35 heavy (non-hydrogen) atoms. The van der Waals surface area contributed by atoms with E-state index in [0.717, 1.165) is 58.4 Å². The van der Waals surface area contributed by atoms with Crippen LogP contribution in [0.4, 0.5) is 11.4 Å². The lowest BCUT2D eigenvalue weighted by Gasteiger charge is -2.27. The number of hydrogen-bond donors (Lipinski definition) is 1. The van der Waals surface area contributed by atoms with Crippen LogP contribution in [0.1, 0.15) is 21.6 Å². The highest BCUT2D eigenvalue weighted by Crippen LogP contribution is 2.31. The molecular formula is C27H27ClN4O2S. The van der Waals surface area contributed by atoms with E-state index in [1.54, 1.807) is 6.20 Å². The maximum absolute atomic E-state index is 13.4. The van der Waals surface area contributed by atoms with Crippen molar-refractivity contribution < 1.29 is 9.53 Å². The van der Waals surface area contributed by atoms with Crippen LogP contribution in [0.3, 0.4) is 0 Å². The summed E-state index contributed by atoms with van der Waals surface area (Å²) in [5.74, 6) is 2.70. The number of benzene rings is 2. The van der Waals surface area contributed by atoms with Gasteiger partial charge in [0, 0.05) is 47.6 Å². The van der Waals surface area contributed by atoms with E-state index in [-0.39, 0.29) is 18.3 Å². The number of amides is 1. The average molecular weight is 507 g/mol. The first-order chi connectivity index (χ1) is 16.7. The Morgan fingerprint density at radius 3 is 2.51 bits per heavy atom. The third kappa shape index (κ3) is 5.86. The van der Waals surface area contributed by atoms with Gasteiger partial charge in [0.2, 0.25) is 0 Å². The summed E-state index contributed by atoms with van der Waals surface area (Å²) in [6.07, 6.45) is 1.65. The molecule has 3 heterocycles. The molecule has 1 amide bonds. The van der Waals surface area contributed by atoms with Crippen molar-refractivity contribution in [1.29, 1.82) is 0 Å². The van der Waals surface area contributed by atoms with E-state index >= 15 is 0 Å². The first kappa shape index (κ1) is 24.8. The number of carbonyl (C=O) groups excluding carboxylic acids is 1. The number of pyridine rings is 2. The number of hydrogen-bond acceptors (Lipinski definition) is 6. The second-order valence-electron chi connectivity index (χ2n) is 8.20. The van der Waals surface area contributed by atoms with E-state index in [9.17, 15) is 4.79 Å². The number of thioether (sulfide) groups is 1. The number of halogens is 1. The Kier molecular flexibility index (Phi) is 8.10. The third-order valence-electron chi connectivity index (χ3n) is 5.77. The van der Waals surface area contributed by atoms with Crippen molar-refractivity contribution in [2.75, 3.05) is 29.9 Å². The number of fused-ring (bicyclic) bond motifs is 1. The summed E-state index contributed by atoms with van der Waals surface area (Å²) in [5, 5.41) is 4.29. The Bertz CT molecular complexity index is 1300. The van der Waals surface area contributed by atoms with Gasteiger partial charge in [-0.05, 0) is 48.9 Å². The lowest BCUT2D eigenvalue weighted by molar-refractivity contribution is 0.0773. The van der Waals surface area contributed by atoms with Crippen molar-refractivity contribution in [3.05, 3.63) is 89.7 Å². The number of anilines is 2.